The third-order valence-corrected chi connectivity index (χ3v) is 4.75. The Bertz CT molecular complexity index is 691. The molecule has 6 nitrogen and oxygen atoms in total. The summed E-state index contributed by atoms with van der Waals surface area (Å²) in [6.45, 7) is -0.991. The van der Waals surface area contributed by atoms with Gasteiger partial charge in [-0.3, -0.25) is 24.1 Å². The first kappa shape index (κ1) is 17.3. The van der Waals surface area contributed by atoms with Gasteiger partial charge in [-0.05, 0) is 37.1 Å². The number of rotatable bonds is 5. The minimum Gasteiger partial charge on any atom is -0.456 e. The zero-order chi connectivity index (χ0) is 18.0. The fourth-order valence-electron chi connectivity index (χ4n) is 3.43. The summed E-state index contributed by atoms with van der Waals surface area (Å²) >= 11 is 0. The first-order chi connectivity index (χ1) is 12.0. The first-order valence-corrected chi connectivity index (χ1v) is 8.27. The van der Waals surface area contributed by atoms with Gasteiger partial charge in [0.25, 0.3) is 0 Å². The Morgan fingerprint density at radius 1 is 1.04 bits per heavy atom. The maximum Gasteiger partial charge on any atom is 0.326 e. The molecule has 1 saturated carbocycles. The SMILES string of the molecule is O=C(CN1C(=O)[C@H]2CCCC[C@@H]2C1=O)OCC(=O)c1ccc(F)cc1. The van der Waals surface area contributed by atoms with E-state index in [1.807, 2.05) is 0 Å². The number of amides is 2. The number of imide groups is 1. The van der Waals surface area contributed by atoms with E-state index in [4.69, 9.17) is 4.74 Å². The van der Waals surface area contributed by atoms with Gasteiger partial charge in [-0.25, -0.2) is 4.39 Å². The van der Waals surface area contributed by atoms with Crippen molar-refractivity contribution >= 4 is 23.6 Å². The highest BCUT2D eigenvalue weighted by Gasteiger charge is 2.48. The molecular formula is C18H18FNO5. The zero-order valence-electron chi connectivity index (χ0n) is 13.6. The molecule has 3 rings (SSSR count). The normalized spacial score (nSPS) is 22.7. The van der Waals surface area contributed by atoms with Gasteiger partial charge < -0.3 is 4.74 Å². The minimum atomic E-state index is -0.809. The Hall–Kier alpha value is -2.57. The predicted octanol–water partition coefficient (Wildman–Crippen LogP) is 1.73. The van der Waals surface area contributed by atoms with Crippen LogP contribution >= 0.6 is 0 Å². The minimum absolute atomic E-state index is 0.216. The number of ether oxygens (including phenoxy) is 1. The molecule has 0 radical (unpaired) electrons. The molecule has 2 fully saturated rings. The number of hydrogen-bond acceptors (Lipinski definition) is 5. The molecule has 0 spiro atoms. The number of nitrogens with zero attached hydrogens (tertiary/aromatic N) is 1. The maximum absolute atomic E-state index is 12.8. The van der Waals surface area contributed by atoms with Crippen molar-refractivity contribution in [3.63, 3.8) is 0 Å². The summed E-state index contributed by atoms with van der Waals surface area (Å²) in [6.07, 6.45) is 3.16. The van der Waals surface area contributed by atoms with E-state index in [0.717, 1.165) is 29.9 Å². The van der Waals surface area contributed by atoms with Crippen molar-refractivity contribution in [1.29, 1.82) is 0 Å². The Balaban J connectivity index is 1.54. The van der Waals surface area contributed by atoms with E-state index in [9.17, 15) is 23.6 Å². The third kappa shape index (κ3) is 3.60. The summed E-state index contributed by atoms with van der Waals surface area (Å²) in [5.41, 5.74) is 0.216. The number of esters is 1. The van der Waals surface area contributed by atoms with Gasteiger partial charge >= 0.3 is 5.97 Å². The van der Waals surface area contributed by atoms with Crippen molar-refractivity contribution < 1.29 is 28.3 Å². The summed E-state index contributed by atoms with van der Waals surface area (Å²) in [4.78, 5) is 49.3. The molecule has 132 valence electrons. The van der Waals surface area contributed by atoms with Crippen LogP contribution in [0.15, 0.2) is 24.3 Å². The lowest BCUT2D eigenvalue weighted by Crippen LogP contribution is -2.37. The quantitative estimate of drug-likeness (QED) is 0.460. The smallest absolute Gasteiger partial charge is 0.326 e. The fraction of sp³-hybridized carbons (Fsp3) is 0.444. The number of fused-ring (bicyclic) bond motifs is 1. The predicted molar refractivity (Wildman–Crippen MR) is 83.9 cm³/mol. The summed E-state index contributed by atoms with van der Waals surface area (Å²) in [7, 11) is 0. The van der Waals surface area contributed by atoms with E-state index >= 15 is 0 Å². The van der Waals surface area contributed by atoms with E-state index < -0.39 is 30.7 Å². The van der Waals surface area contributed by atoms with Crippen molar-refractivity contribution in [3.05, 3.63) is 35.6 Å². The van der Waals surface area contributed by atoms with Crippen molar-refractivity contribution in [2.24, 2.45) is 11.8 Å². The summed E-state index contributed by atoms with van der Waals surface area (Å²) in [5.74, 6) is -3.06. The van der Waals surface area contributed by atoms with E-state index in [2.05, 4.69) is 0 Å². The summed E-state index contributed by atoms with van der Waals surface area (Å²) in [5, 5.41) is 0. The van der Waals surface area contributed by atoms with E-state index in [0.29, 0.717) is 12.8 Å². The molecule has 0 unspecified atom stereocenters. The van der Waals surface area contributed by atoms with Gasteiger partial charge in [-0.2, -0.15) is 0 Å². The maximum atomic E-state index is 12.8. The van der Waals surface area contributed by atoms with Crippen LogP contribution < -0.4 is 0 Å². The van der Waals surface area contributed by atoms with Crippen LogP contribution in [-0.4, -0.2) is 41.6 Å². The van der Waals surface area contributed by atoms with Crippen molar-refractivity contribution in [2.45, 2.75) is 25.7 Å². The van der Waals surface area contributed by atoms with E-state index in [-0.39, 0.29) is 29.2 Å². The highest BCUT2D eigenvalue weighted by atomic mass is 19.1. The van der Waals surface area contributed by atoms with Crippen LogP contribution in [0.3, 0.4) is 0 Å². The van der Waals surface area contributed by atoms with Crippen LogP contribution in [0.25, 0.3) is 0 Å². The summed E-state index contributed by atoms with van der Waals surface area (Å²) in [6, 6.07) is 4.87. The highest BCUT2D eigenvalue weighted by Crippen LogP contribution is 2.37. The summed E-state index contributed by atoms with van der Waals surface area (Å²) < 4.78 is 17.7. The standard InChI is InChI=1S/C18H18FNO5/c19-12-7-5-11(6-8-12)15(21)10-25-16(22)9-20-17(23)13-3-1-2-4-14(13)18(20)24/h5-8,13-14H,1-4,9-10H2/t13-,14-/m0/s1. The Morgan fingerprint density at radius 2 is 1.60 bits per heavy atom. The lowest BCUT2D eigenvalue weighted by atomic mass is 9.81. The van der Waals surface area contributed by atoms with Gasteiger partial charge in [0.15, 0.2) is 12.4 Å². The molecule has 1 aliphatic heterocycles. The van der Waals surface area contributed by atoms with Crippen LogP contribution in [0, 0.1) is 17.7 Å². The number of likely N-dealkylation sites (tertiary alicyclic amines) is 1. The highest BCUT2D eigenvalue weighted by molar-refractivity contribution is 6.07. The number of halogens is 1. The number of Topliss-reactive ketones (excluding diaryl/α,β-unsaturated/α-hetero) is 1. The zero-order valence-corrected chi connectivity index (χ0v) is 13.6. The molecule has 2 aliphatic rings. The molecular weight excluding hydrogens is 329 g/mol. The van der Waals surface area contributed by atoms with Gasteiger partial charge in [-0.15, -0.1) is 0 Å². The molecule has 0 aromatic heterocycles. The molecule has 7 heteroatoms. The number of hydrogen-bond donors (Lipinski definition) is 0. The van der Waals surface area contributed by atoms with Crippen LogP contribution in [0.1, 0.15) is 36.0 Å². The van der Waals surface area contributed by atoms with Crippen LogP contribution in [-0.2, 0) is 19.1 Å². The molecule has 1 aromatic rings. The van der Waals surface area contributed by atoms with E-state index in [1.54, 1.807) is 0 Å². The Labute approximate surface area is 143 Å². The fourth-order valence-corrected chi connectivity index (χ4v) is 3.43. The molecule has 2 amide bonds. The van der Waals surface area contributed by atoms with Gasteiger partial charge in [0.05, 0.1) is 11.8 Å². The number of carbonyl (C=O) groups excluding carboxylic acids is 4. The lowest BCUT2D eigenvalue weighted by Gasteiger charge is -2.19. The largest absolute Gasteiger partial charge is 0.456 e. The molecule has 1 heterocycles. The lowest BCUT2D eigenvalue weighted by molar-refractivity contribution is -0.152. The number of ketones is 1. The number of benzene rings is 1. The van der Waals surface area contributed by atoms with E-state index in [1.165, 1.54) is 12.1 Å². The molecule has 0 N–H and O–H groups in total. The van der Waals surface area contributed by atoms with Crippen LogP contribution in [0.2, 0.25) is 0 Å². The monoisotopic (exact) mass is 347 g/mol. The second kappa shape index (κ2) is 7.13. The van der Waals surface area contributed by atoms with Crippen molar-refractivity contribution in [3.8, 4) is 0 Å². The first-order valence-electron chi connectivity index (χ1n) is 8.27. The second-order valence-corrected chi connectivity index (χ2v) is 6.35. The average molecular weight is 347 g/mol. The molecule has 2 atom stereocenters. The van der Waals surface area contributed by atoms with Gasteiger partial charge in [0, 0.05) is 5.56 Å². The topological polar surface area (TPSA) is 80.8 Å². The van der Waals surface area contributed by atoms with Crippen LogP contribution in [0.5, 0.6) is 0 Å². The van der Waals surface area contributed by atoms with Crippen molar-refractivity contribution in [1.82, 2.24) is 4.90 Å². The molecule has 1 aromatic carbocycles. The third-order valence-electron chi connectivity index (χ3n) is 4.75. The second-order valence-electron chi connectivity index (χ2n) is 6.35. The molecule has 1 saturated heterocycles. The Morgan fingerprint density at radius 3 is 2.16 bits per heavy atom. The van der Waals surface area contributed by atoms with Gasteiger partial charge in [0.1, 0.15) is 12.4 Å². The van der Waals surface area contributed by atoms with Gasteiger partial charge in [-0.1, -0.05) is 12.8 Å². The van der Waals surface area contributed by atoms with Crippen LogP contribution in [0.4, 0.5) is 4.39 Å². The average Bonchev–Trinajstić information content (AvgIpc) is 2.86. The molecule has 0 bridgehead atoms. The molecule has 1 aliphatic carbocycles. The van der Waals surface area contributed by atoms with Gasteiger partial charge in [0.2, 0.25) is 11.8 Å². The molecule has 25 heavy (non-hydrogen) atoms. The van der Waals surface area contributed by atoms with Crippen molar-refractivity contribution in [2.75, 3.05) is 13.2 Å². The number of carbonyl (C=O) groups is 4. The Kier molecular flexibility index (Phi) is 4.92.